The van der Waals surface area contributed by atoms with Crippen molar-refractivity contribution in [3.63, 3.8) is 0 Å². The van der Waals surface area contributed by atoms with Crippen molar-refractivity contribution in [2.24, 2.45) is 0 Å². The summed E-state index contributed by atoms with van der Waals surface area (Å²) in [5, 5.41) is 3.42. The molecular weight excluding hydrogens is 148 g/mol. The maximum atomic E-state index is 3.42. The van der Waals surface area contributed by atoms with Gasteiger partial charge in [-0.05, 0) is 52.9 Å². The fourth-order valence-electron chi connectivity index (χ4n) is 1.84. The lowest BCUT2D eigenvalue weighted by Crippen LogP contribution is -2.49. The molecule has 0 aliphatic carbocycles. The second-order valence-electron chi connectivity index (χ2n) is 4.15. The van der Waals surface area contributed by atoms with Gasteiger partial charge in [0.25, 0.3) is 0 Å². The molecule has 1 aliphatic rings. The predicted molar refractivity (Wildman–Crippen MR) is 53.4 cm³/mol. The van der Waals surface area contributed by atoms with Gasteiger partial charge in [0.1, 0.15) is 0 Å². The first-order valence-electron chi connectivity index (χ1n) is 5.11. The SMILES string of the molecule is CCCN1CCC(C)(NC)CC1. The Morgan fingerprint density at radius 3 is 2.33 bits per heavy atom. The normalized spacial score (nSPS) is 24.2. The average Bonchev–Trinajstić information content (AvgIpc) is 2.10. The van der Waals surface area contributed by atoms with Crippen LogP contribution < -0.4 is 5.32 Å². The van der Waals surface area contributed by atoms with E-state index in [9.17, 15) is 0 Å². The van der Waals surface area contributed by atoms with Gasteiger partial charge in [0.05, 0.1) is 0 Å². The Morgan fingerprint density at radius 1 is 1.33 bits per heavy atom. The highest BCUT2D eigenvalue weighted by molar-refractivity contribution is 4.87. The lowest BCUT2D eigenvalue weighted by atomic mass is 9.90. The zero-order valence-electron chi connectivity index (χ0n) is 8.69. The molecule has 2 heteroatoms. The van der Waals surface area contributed by atoms with Crippen molar-refractivity contribution in [2.45, 2.75) is 38.6 Å². The molecule has 12 heavy (non-hydrogen) atoms. The van der Waals surface area contributed by atoms with Crippen LogP contribution in [0.3, 0.4) is 0 Å². The molecule has 1 heterocycles. The van der Waals surface area contributed by atoms with Crippen molar-refractivity contribution in [1.29, 1.82) is 0 Å². The largest absolute Gasteiger partial charge is 0.314 e. The van der Waals surface area contributed by atoms with Crippen molar-refractivity contribution in [3.8, 4) is 0 Å². The van der Waals surface area contributed by atoms with Crippen molar-refractivity contribution >= 4 is 0 Å². The second kappa shape index (κ2) is 4.24. The fourth-order valence-corrected chi connectivity index (χ4v) is 1.84. The molecule has 1 rings (SSSR count). The summed E-state index contributed by atoms with van der Waals surface area (Å²) in [6.45, 7) is 8.40. The van der Waals surface area contributed by atoms with Gasteiger partial charge < -0.3 is 10.2 Å². The van der Waals surface area contributed by atoms with Crippen LogP contribution in [0.25, 0.3) is 0 Å². The monoisotopic (exact) mass is 170 g/mol. The van der Waals surface area contributed by atoms with E-state index in [1.807, 2.05) is 0 Å². The summed E-state index contributed by atoms with van der Waals surface area (Å²) < 4.78 is 0. The molecule has 2 nitrogen and oxygen atoms in total. The minimum Gasteiger partial charge on any atom is -0.314 e. The molecule has 0 amide bonds. The summed E-state index contributed by atoms with van der Waals surface area (Å²) in [6.07, 6.45) is 3.88. The van der Waals surface area contributed by atoms with E-state index in [-0.39, 0.29) is 0 Å². The maximum absolute atomic E-state index is 3.42. The van der Waals surface area contributed by atoms with Gasteiger partial charge in [0.2, 0.25) is 0 Å². The summed E-state index contributed by atoms with van der Waals surface area (Å²) in [4.78, 5) is 2.57. The molecule has 0 aromatic rings. The van der Waals surface area contributed by atoms with Crippen LogP contribution in [0.1, 0.15) is 33.1 Å². The van der Waals surface area contributed by atoms with Crippen LogP contribution in [0.5, 0.6) is 0 Å². The van der Waals surface area contributed by atoms with Crippen molar-refractivity contribution in [1.82, 2.24) is 10.2 Å². The summed E-state index contributed by atoms with van der Waals surface area (Å²) in [5.74, 6) is 0. The lowest BCUT2D eigenvalue weighted by Gasteiger charge is -2.39. The van der Waals surface area contributed by atoms with Crippen LogP contribution in [-0.4, -0.2) is 37.1 Å². The smallest absolute Gasteiger partial charge is 0.0174 e. The molecule has 0 atom stereocenters. The summed E-state index contributed by atoms with van der Waals surface area (Å²) >= 11 is 0. The molecule has 0 saturated carbocycles. The number of nitrogens with one attached hydrogen (secondary N) is 1. The summed E-state index contributed by atoms with van der Waals surface area (Å²) in [7, 11) is 2.08. The van der Waals surface area contributed by atoms with Crippen molar-refractivity contribution in [3.05, 3.63) is 0 Å². The number of hydrogen-bond acceptors (Lipinski definition) is 2. The lowest BCUT2D eigenvalue weighted by molar-refractivity contribution is 0.152. The Hall–Kier alpha value is -0.0800. The first-order valence-corrected chi connectivity index (χ1v) is 5.11. The average molecular weight is 170 g/mol. The minimum atomic E-state index is 0.407. The third-order valence-corrected chi connectivity index (χ3v) is 3.10. The Labute approximate surface area is 76.3 Å². The number of hydrogen-bond donors (Lipinski definition) is 1. The van der Waals surface area contributed by atoms with Gasteiger partial charge in [-0.15, -0.1) is 0 Å². The van der Waals surface area contributed by atoms with Crippen molar-refractivity contribution in [2.75, 3.05) is 26.7 Å². The van der Waals surface area contributed by atoms with Gasteiger partial charge in [0.15, 0.2) is 0 Å². The molecular formula is C10H22N2. The number of nitrogens with zero attached hydrogens (tertiary/aromatic N) is 1. The first-order chi connectivity index (χ1) is 5.70. The van der Waals surface area contributed by atoms with Gasteiger partial charge in [-0.3, -0.25) is 0 Å². The van der Waals surface area contributed by atoms with E-state index in [2.05, 4.69) is 31.1 Å². The standard InChI is InChI=1S/C10H22N2/c1-4-7-12-8-5-10(2,11-3)6-9-12/h11H,4-9H2,1-3H3. The van der Waals surface area contributed by atoms with Crippen LogP contribution in [0.4, 0.5) is 0 Å². The van der Waals surface area contributed by atoms with Crippen LogP contribution in [0, 0.1) is 0 Å². The third-order valence-electron chi connectivity index (χ3n) is 3.10. The second-order valence-corrected chi connectivity index (χ2v) is 4.15. The molecule has 0 radical (unpaired) electrons. The van der Waals surface area contributed by atoms with E-state index in [1.165, 1.54) is 38.9 Å². The van der Waals surface area contributed by atoms with E-state index in [1.54, 1.807) is 0 Å². The van der Waals surface area contributed by atoms with Gasteiger partial charge in [0, 0.05) is 5.54 Å². The topological polar surface area (TPSA) is 15.3 Å². The fraction of sp³-hybridized carbons (Fsp3) is 1.00. The molecule has 72 valence electrons. The molecule has 0 bridgehead atoms. The minimum absolute atomic E-state index is 0.407. The number of rotatable bonds is 3. The van der Waals surface area contributed by atoms with E-state index < -0.39 is 0 Å². The molecule has 1 aliphatic heterocycles. The zero-order valence-corrected chi connectivity index (χ0v) is 8.69. The van der Waals surface area contributed by atoms with E-state index in [4.69, 9.17) is 0 Å². The van der Waals surface area contributed by atoms with Crippen LogP contribution in [0.2, 0.25) is 0 Å². The molecule has 0 unspecified atom stereocenters. The maximum Gasteiger partial charge on any atom is 0.0174 e. The molecule has 1 saturated heterocycles. The molecule has 1 N–H and O–H groups in total. The highest BCUT2D eigenvalue weighted by Crippen LogP contribution is 2.20. The summed E-state index contributed by atoms with van der Waals surface area (Å²) in [6, 6.07) is 0. The number of piperidine rings is 1. The summed E-state index contributed by atoms with van der Waals surface area (Å²) in [5.41, 5.74) is 0.407. The quantitative estimate of drug-likeness (QED) is 0.690. The van der Waals surface area contributed by atoms with Crippen LogP contribution in [-0.2, 0) is 0 Å². The Kier molecular flexibility index (Phi) is 3.53. The van der Waals surface area contributed by atoms with Crippen LogP contribution >= 0.6 is 0 Å². The number of likely N-dealkylation sites (tertiary alicyclic amines) is 1. The zero-order chi connectivity index (χ0) is 9.03. The Bertz CT molecular complexity index is 126. The van der Waals surface area contributed by atoms with Gasteiger partial charge in [-0.1, -0.05) is 6.92 Å². The molecule has 0 aromatic carbocycles. The van der Waals surface area contributed by atoms with E-state index in [0.29, 0.717) is 5.54 Å². The van der Waals surface area contributed by atoms with Crippen molar-refractivity contribution < 1.29 is 0 Å². The van der Waals surface area contributed by atoms with Gasteiger partial charge >= 0.3 is 0 Å². The highest BCUT2D eigenvalue weighted by Gasteiger charge is 2.27. The molecule has 0 aromatic heterocycles. The molecule has 1 fully saturated rings. The van der Waals surface area contributed by atoms with Gasteiger partial charge in [-0.25, -0.2) is 0 Å². The highest BCUT2D eigenvalue weighted by atomic mass is 15.1. The van der Waals surface area contributed by atoms with Crippen LogP contribution in [0.15, 0.2) is 0 Å². The first kappa shape index (κ1) is 10.0. The molecule has 0 spiro atoms. The third kappa shape index (κ3) is 2.46. The Balaban J connectivity index is 2.29. The van der Waals surface area contributed by atoms with E-state index >= 15 is 0 Å². The predicted octanol–water partition coefficient (Wildman–Crippen LogP) is 1.47. The Morgan fingerprint density at radius 2 is 1.92 bits per heavy atom. The van der Waals surface area contributed by atoms with Gasteiger partial charge in [-0.2, -0.15) is 0 Å². The van der Waals surface area contributed by atoms with E-state index in [0.717, 1.165) is 0 Å².